The molecule has 0 radical (unpaired) electrons. The van der Waals surface area contributed by atoms with Crippen LogP contribution in [0.25, 0.3) is 0 Å². The van der Waals surface area contributed by atoms with E-state index in [1.165, 1.54) is 0 Å². The number of hydrogen-bond donors (Lipinski definition) is 5. The first-order chi connectivity index (χ1) is 29.2. The molecule has 3 aliphatic rings. The van der Waals surface area contributed by atoms with Gasteiger partial charge in [-0.3, -0.25) is 28.8 Å². The summed E-state index contributed by atoms with van der Waals surface area (Å²) in [6.07, 6.45) is 3.64. The fourth-order valence-corrected chi connectivity index (χ4v) is 7.30. The van der Waals surface area contributed by atoms with E-state index in [1.807, 2.05) is 6.07 Å². The molecule has 326 valence electrons. The fraction of sp³-hybridized carbons (Fsp3) is 0.457. The van der Waals surface area contributed by atoms with Gasteiger partial charge >= 0.3 is 12.1 Å². The number of ketones is 1. The van der Waals surface area contributed by atoms with E-state index >= 15 is 0 Å². The lowest BCUT2D eigenvalue weighted by atomic mass is 9.83. The number of nitrogens with one attached hydrogen (secondary N) is 5. The van der Waals surface area contributed by atoms with Gasteiger partial charge in [0.05, 0.1) is 6.04 Å². The van der Waals surface area contributed by atoms with Crippen LogP contribution in [0.1, 0.15) is 89.3 Å². The van der Waals surface area contributed by atoms with E-state index in [2.05, 4.69) is 26.6 Å². The van der Waals surface area contributed by atoms with Crippen molar-refractivity contribution in [2.45, 2.75) is 122 Å². The van der Waals surface area contributed by atoms with Crippen LogP contribution < -0.4 is 31.3 Å². The third kappa shape index (κ3) is 14.5. The summed E-state index contributed by atoms with van der Waals surface area (Å²) in [7, 11) is 0. The van der Waals surface area contributed by atoms with E-state index in [0.29, 0.717) is 41.9 Å². The standard InChI is InChI=1S/C46H57N5O10/c1-5-13-35(40(53)44(57)47-27-38(52)59-28-30-14-8-6-9-15-30)48-41(54)36-26-31-16-12-19-34(24-31)60-33-22-20-29(21-23-33)25-37(50-45(58)61-46(2,3)4)42(55)51-39(43(56)49-36)32-17-10-7-11-18-32/h6,8-9,12,14-16,19-24,32,35-37,39H,5,7,10-11,13,17-18,25-28H2,1-4H3,(H,47,57)(H,48,54)(H,49,56)(H,50,58)(H,51,55)/t35?,36?,37?,39-/m0/s1. The minimum atomic E-state index is -1.29. The summed E-state index contributed by atoms with van der Waals surface area (Å²) in [6, 6.07) is 18.2. The quantitative estimate of drug-likeness (QED) is 0.125. The number of Topliss-reactive ketones (excluding diaryl/α,β-unsaturated/α-hetero) is 1. The molecule has 4 bridgehead atoms. The molecule has 1 aliphatic carbocycles. The molecule has 4 atom stereocenters. The van der Waals surface area contributed by atoms with Gasteiger partial charge in [0.15, 0.2) is 0 Å². The van der Waals surface area contributed by atoms with Gasteiger partial charge in [-0.2, -0.15) is 0 Å². The SMILES string of the molecule is CCCC(NC(=O)C1Cc2cccc(c2)Oc2ccc(cc2)CC(NC(=O)OC(C)(C)C)C(=O)N[C@@H](C2CCCCC2)C(=O)N1)C(=O)C(=O)NCC(=O)OCc1ccccc1. The van der Waals surface area contributed by atoms with Crippen molar-refractivity contribution in [1.29, 1.82) is 0 Å². The first kappa shape index (κ1) is 45.8. The van der Waals surface area contributed by atoms with Gasteiger partial charge in [-0.1, -0.05) is 87.2 Å². The van der Waals surface area contributed by atoms with Crippen molar-refractivity contribution in [2.24, 2.45) is 5.92 Å². The first-order valence-corrected chi connectivity index (χ1v) is 21.0. The molecule has 5 N–H and O–H groups in total. The van der Waals surface area contributed by atoms with Crippen LogP contribution in [0.2, 0.25) is 0 Å². The average molecular weight is 840 g/mol. The molecule has 15 nitrogen and oxygen atoms in total. The Morgan fingerprint density at radius 1 is 0.820 bits per heavy atom. The third-order valence-corrected chi connectivity index (χ3v) is 10.3. The lowest BCUT2D eigenvalue weighted by Crippen LogP contribution is -2.60. The van der Waals surface area contributed by atoms with Gasteiger partial charge in [0.1, 0.15) is 48.4 Å². The highest BCUT2D eigenvalue weighted by Gasteiger charge is 2.37. The summed E-state index contributed by atoms with van der Waals surface area (Å²) in [5.74, 6) is -4.11. The normalized spacial score (nSPS) is 19.1. The zero-order valence-electron chi connectivity index (χ0n) is 35.3. The number of fused-ring (bicyclic) bond motifs is 10. The van der Waals surface area contributed by atoms with E-state index in [4.69, 9.17) is 14.2 Å². The van der Waals surface area contributed by atoms with Gasteiger partial charge in [-0.15, -0.1) is 0 Å². The molecule has 1 fully saturated rings. The Morgan fingerprint density at radius 2 is 1.54 bits per heavy atom. The van der Waals surface area contributed by atoms with Crippen molar-refractivity contribution in [3.63, 3.8) is 0 Å². The molecule has 0 aromatic heterocycles. The maximum absolute atomic E-state index is 14.5. The topological polar surface area (TPSA) is 207 Å². The molecule has 3 aromatic rings. The summed E-state index contributed by atoms with van der Waals surface area (Å²) >= 11 is 0. The van der Waals surface area contributed by atoms with Gasteiger partial charge in [0, 0.05) is 12.8 Å². The Kier molecular flexibility index (Phi) is 16.4. The molecule has 6 rings (SSSR count). The molecule has 2 aliphatic heterocycles. The lowest BCUT2D eigenvalue weighted by Gasteiger charge is -2.33. The van der Waals surface area contributed by atoms with Gasteiger partial charge in [-0.05, 0) is 86.9 Å². The second-order valence-electron chi connectivity index (χ2n) is 16.5. The number of amides is 5. The van der Waals surface area contributed by atoms with Crippen molar-refractivity contribution in [2.75, 3.05) is 6.54 Å². The molecule has 15 heteroatoms. The predicted octanol–water partition coefficient (Wildman–Crippen LogP) is 4.73. The summed E-state index contributed by atoms with van der Waals surface area (Å²) in [4.78, 5) is 94.8. The number of carbonyl (C=O) groups excluding carboxylic acids is 7. The van der Waals surface area contributed by atoms with Gasteiger partial charge < -0.3 is 40.8 Å². The number of alkyl carbamates (subject to hydrolysis) is 1. The lowest BCUT2D eigenvalue weighted by molar-refractivity contribution is -0.146. The van der Waals surface area contributed by atoms with Crippen LogP contribution in [0.4, 0.5) is 4.79 Å². The Hall–Kier alpha value is -6.25. The molecular weight excluding hydrogens is 783 g/mol. The highest BCUT2D eigenvalue weighted by molar-refractivity contribution is 6.38. The highest BCUT2D eigenvalue weighted by atomic mass is 16.6. The largest absolute Gasteiger partial charge is 0.460 e. The molecule has 2 heterocycles. The second kappa shape index (κ2) is 21.8. The second-order valence-corrected chi connectivity index (χ2v) is 16.5. The highest BCUT2D eigenvalue weighted by Crippen LogP contribution is 2.28. The van der Waals surface area contributed by atoms with Crippen molar-refractivity contribution in [3.05, 3.63) is 95.6 Å². The summed E-state index contributed by atoms with van der Waals surface area (Å²) < 4.78 is 16.8. The van der Waals surface area contributed by atoms with Crippen molar-refractivity contribution >= 4 is 41.5 Å². The summed E-state index contributed by atoms with van der Waals surface area (Å²) in [6.45, 7) is 6.33. The number of esters is 1. The number of benzene rings is 3. The van der Waals surface area contributed by atoms with Gasteiger partial charge in [-0.25, -0.2) is 4.79 Å². The van der Waals surface area contributed by atoms with Crippen LogP contribution in [0.5, 0.6) is 11.5 Å². The van der Waals surface area contributed by atoms with Gasteiger partial charge in [0.25, 0.3) is 5.91 Å². The van der Waals surface area contributed by atoms with Crippen LogP contribution in [-0.4, -0.2) is 77.8 Å². The maximum Gasteiger partial charge on any atom is 0.408 e. The van der Waals surface area contributed by atoms with Gasteiger partial charge in [0.2, 0.25) is 23.5 Å². The van der Waals surface area contributed by atoms with E-state index in [0.717, 1.165) is 24.8 Å². The number of carbonyl (C=O) groups is 7. The monoisotopic (exact) mass is 839 g/mol. The number of ether oxygens (including phenoxy) is 3. The molecule has 5 amide bonds. The Balaban J connectivity index is 1.40. The smallest absolute Gasteiger partial charge is 0.408 e. The van der Waals surface area contributed by atoms with Crippen molar-refractivity contribution < 1.29 is 47.8 Å². The van der Waals surface area contributed by atoms with Crippen LogP contribution in [-0.2, 0) is 57.7 Å². The fourth-order valence-electron chi connectivity index (χ4n) is 7.30. The van der Waals surface area contributed by atoms with E-state index < -0.39 is 77.8 Å². The summed E-state index contributed by atoms with van der Waals surface area (Å²) in [5.41, 5.74) is 1.24. The average Bonchev–Trinajstić information content (AvgIpc) is 3.23. The third-order valence-electron chi connectivity index (χ3n) is 10.3. The minimum Gasteiger partial charge on any atom is -0.460 e. The van der Waals surface area contributed by atoms with E-state index in [-0.39, 0.29) is 31.8 Å². The number of rotatable bonds is 12. The molecule has 3 unspecified atom stereocenters. The van der Waals surface area contributed by atoms with Crippen molar-refractivity contribution in [3.8, 4) is 11.5 Å². The maximum atomic E-state index is 14.5. The zero-order valence-corrected chi connectivity index (χ0v) is 35.3. The molecule has 3 aromatic carbocycles. The molecule has 0 spiro atoms. The molecule has 0 saturated heterocycles. The molecular formula is C46H57N5O10. The minimum absolute atomic E-state index is 0.0119. The Bertz CT molecular complexity index is 2010. The molecule has 1 saturated carbocycles. The van der Waals surface area contributed by atoms with Crippen LogP contribution in [0, 0.1) is 5.92 Å². The van der Waals surface area contributed by atoms with Crippen LogP contribution in [0.3, 0.4) is 0 Å². The Labute approximate surface area is 356 Å². The number of hydrogen-bond acceptors (Lipinski definition) is 10. The Morgan fingerprint density at radius 3 is 2.23 bits per heavy atom. The predicted molar refractivity (Wildman–Crippen MR) is 225 cm³/mol. The molecule has 61 heavy (non-hydrogen) atoms. The van der Waals surface area contributed by atoms with Crippen LogP contribution >= 0.6 is 0 Å². The van der Waals surface area contributed by atoms with Crippen LogP contribution in [0.15, 0.2) is 78.9 Å². The summed E-state index contributed by atoms with van der Waals surface area (Å²) in [5, 5.41) is 13.4. The first-order valence-electron chi connectivity index (χ1n) is 21.0. The van der Waals surface area contributed by atoms with E-state index in [9.17, 15) is 33.6 Å². The van der Waals surface area contributed by atoms with Crippen molar-refractivity contribution in [1.82, 2.24) is 26.6 Å². The van der Waals surface area contributed by atoms with E-state index in [1.54, 1.807) is 100 Å². The zero-order chi connectivity index (χ0) is 43.9.